The van der Waals surface area contributed by atoms with E-state index in [1.54, 1.807) is 0 Å². The van der Waals surface area contributed by atoms with Crippen LogP contribution < -0.4 is 5.73 Å². The minimum absolute atomic E-state index is 0.0450. The summed E-state index contributed by atoms with van der Waals surface area (Å²) in [6.07, 6.45) is 1.34. The number of halogens is 1. The first-order valence-electron chi connectivity index (χ1n) is 4.25. The van der Waals surface area contributed by atoms with Crippen molar-refractivity contribution < 1.29 is 18.7 Å². The Kier molecular flexibility index (Phi) is 2.17. The van der Waals surface area contributed by atoms with Gasteiger partial charge in [-0.25, -0.2) is 4.39 Å². The van der Waals surface area contributed by atoms with Gasteiger partial charge in [-0.3, -0.25) is 4.79 Å². The molecule has 3 N–H and O–H groups in total. The number of rotatable bonds is 2. The van der Waals surface area contributed by atoms with E-state index in [0.29, 0.717) is 5.58 Å². The van der Waals surface area contributed by atoms with Gasteiger partial charge in [0.2, 0.25) is 0 Å². The molecule has 0 amide bonds. The van der Waals surface area contributed by atoms with Crippen molar-refractivity contribution >= 4 is 16.9 Å². The monoisotopic (exact) mass is 209 g/mol. The zero-order valence-corrected chi connectivity index (χ0v) is 7.61. The zero-order chi connectivity index (χ0) is 11.0. The molecule has 78 valence electrons. The van der Waals surface area contributed by atoms with Gasteiger partial charge in [0.25, 0.3) is 0 Å². The molecule has 15 heavy (non-hydrogen) atoms. The second-order valence-corrected chi connectivity index (χ2v) is 3.12. The number of carbonyl (C=O) groups is 1. The van der Waals surface area contributed by atoms with Gasteiger partial charge < -0.3 is 15.3 Å². The highest BCUT2D eigenvalue weighted by Gasteiger charge is 2.20. The van der Waals surface area contributed by atoms with E-state index in [-0.39, 0.29) is 10.9 Å². The summed E-state index contributed by atoms with van der Waals surface area (Å²) in [5, 5.41) is 8.91. The molecule has 0 aliphatic heterocycles. The average Bonchev–Trinajstić information content (AvgIpc) is 2.66. The van der Waals surface area contributed by atoms with Crippen LogP contribution >= 0.6 is 0 Å². The van der Waals surface area contributed by atoms with Gasteiger partial charge in [0, 0.05) is 5.56 Å². The Morgan fingerprint density at radius 2 is 2.20 bits per heavy atom. The Hall–Kier alpha value is -1.88. The summed E-state index contributed by atoms with van der Waals surface area (Å²) in [4.78, 5) is 10.6. The summed E-state index contributed by atoms with van der Waals surface area (Å²) < 4.78 is 18.7. The van der Waals surface area contributed by atoms with E-state index >= 15 is 0 Å². The van der Waals surface area contributed by atoms with Crippen LogP contribution in [0.15, 0.2) is 28.9 Å². The van der Waals surface area contributed by atoms with E-state index in [9.17, 15) is 9.18 Å². The number of benzene rings is 1. The highest BCUT2D eigenvalue weighted by molar-refractivity contribution is 5.82. The maximum absolute atomic E-state index is 13.7. The van der Waals surface area contributed by atoms with Crippen molar-refractivity contribution in [1.29, 1.82) is 0 Å². The molecule has 1 aromatic heterocycles. The maximum Gasteiger partial charge on any atom is 0.325 e. The molecule has 1 heterocycles. The Morgan fingerprint density at radius 1 is 1.47 bits per heavy atom. The van der Waals surface area contributed by atoms with Gasteiger partial charge in [-0.15, -0.1) is 0 Å². The minimum Gasteiger partial charge on any atom is -0.480 e. The first-order valence-corrected chi connectivity index (χ1v) is 4.25. The second-order valence-electron chi connectivity index (χ2n) is 3.12. The van der Waals surface area contributed by atoms with E-state index in [2.05, 4.69) is 0 Å². The van der Waals surface area contributed by atoms with E-state index in [0.717, 1.165) is 0 Å². The largest absolute Gasteiger partial charge is 0.480 e. The molecule has 2 aromatic rings. The molecular formula is C10H8FNO3. The average molecular weight is 209 g/mol. The number of carboxylic acids is 1. The van der Waals surface area contributed by atoms with Gasteiger partial charge in [0.15, 0.2) is 0 Å². The van der Waals surface area contributed by atoms with Crippen LogP contribution in [0, 0.1) is 5.82 Å². The molecular weight excluding hydrogens is 201 g/mol. The van der Waals surface area contributed by atoms with Crippen molar-refractivity contribution in [2.45, 2.75) is 6.04 Å². The van der Waals surface area contributed by atoms with E-state index in [4.69, 9.17) is 15.3 Å². The topological polar surface area (TPSA) is 76.5 Å². The number of fused-ring (bicyclic) bond motifs is 1. The third kappa shape index (κ3) is 1.46. The maximum atomic E-state index is 13.7. The number of carboxylic acid groups (broad SMARTS) is 1. The predicted octanol–water partition coefficient (Wildman–Crippen LogP) is 1.66. The lowest BCUT2D eigenvalue weighted by Crippen LogP contribution is -2.21. The zero-order valence-electron chi connectivity index (χ0n) is 7.61. The molecule has 0 aliphatic rings. The van der Waals surface area contributed by atoms with Crippen molar-refractivity contribution in [3.8, 4) is 0 Å². The molecule has 1 atom stereocenters. The van der Waals surface area contributed by atoms with Crippen LogP contribution in [-0.4, -0.2) is 11.1 Å². The molecule has 2 rings (SSSR count). The summed E-state index contributed by atoms with van der Waals surface area (Å²) in [7, 11) is 0. The third-order valence-corrected chi connectivity index (χ3v) is 2.20. The van der Waals surface area contributed by atoms with Gasteiger partial charge in [-0.1, -0.05) is 6.07 Å². The first-order chi connectivity index (χ1) is 7.11. The number of hydrogen-bond acceptors (Lipinski definition) is 3. The van der Waals surface area contributed by atoms with Gasteiger partial charge in [0.1, 0.15) is 17.4 Å². The van der Waals surface area contributed by atoms with Crippen LogP contribution in [0.1, 0.15) is 11.6 Å². The summed E-state index contributed by atoms with van der Waals surface area (Å²) >= 11 is 0. The minimum atomic E-state index is -1.36. The SMILES string of the molecule is NC(C(=O)O)c1ccc2occc2c1F. The highest BCUT2D eigenvalue weighted by atomic mass is 19.1. The molecule has 0 saturated heterocycles. The van der Waals surface area contributed by atoms with Crippen LogP contribution in [0.2, 0.25) is 0 Å². The van der Waals surface area contributed by atoms with Gasteiger partial charge in [-0.05, 0) is 12.1 Å². The molecule has 5 heteroatoms. The molecule has 0 bridgehead atoms. The molecule has 0 aliphatic carbocycles. The molecule has 0 saturated carbocycles. The summed E-state index contributed by atoms with van der Waals surface area (Å²) in [6.45, 7) is 0. The van der Waals surface area contributed by atoms with Crippen molar-refractivity contribution in [3.05, 3.63) is 35.8 Å². The quantitative estimate of drug-likeness (QED) is 0.788. The number of aliphatic carboxylic acids is 1. The fourth-order valence-corrected chi connectivity index (χ4v) is 1.40. The fraction of sp³-hybridized carbons (Fsp3) is 0.100. The summed E-state index contributed by atoms with van der Waals surface area (Å²) in [5.41, 5.74) is 5.65. The van der Waals surface area contributed by atoms with E-state index in [1.165, 1.54) is 24.5 Å². The normalized spacial score (nSPS) is 12.9. The van der Waals surface area contributed by atoms with Crippen molar-refractivity contribution in [2.75, 3.05) is 0 Å². The van der Waals surface area contributed by atoms with Gasteiger partial charge in [0.05, 0.1) is 11.6 Å². The lowest BCUT2D eigenvalue weighted by Gasteiger charge is -2.07. The fourth-order valence-electron chi connectivity index (χ4n) is 1.40. The smallest absolute Gasteiger partial charge is 0.325 e. The van der Waals surface area contributed by atoms with Crippen LogP contribution in [0.4, 0.5) is 4.39 Å². The van der Waals surface area contributed by atoms with E-state index in [1.807, 2.05) is 0 Å². The first kappa shape index (κ1) is 9.67. The third-order valence-electron chi connectivity index (χ3n) is 2.20. The van der Waals surface area contributed by atoms with E-state index < -0.39 is 17.8 Å². The molecule has 0 spiro atoms. The molecule has 4 nitrogen and oxygen atoms in total. The Balaban J connectivity index is 2.62. The molecule has 0 radical (unpaired) electrons. The number of hydrogen-bond donors (Lipinski definition) is 2. The Bertz CT molecular complexity index is 520. The lowest BCUT2D eigenvalue weighted by molar-refractivity contribution is -0.138. The Labute approximate surface area is 84.1 Å². The van der Waals surface area contributed by atoms with Crippen molar-refractivity contribution in [2.24, 2.45) is 5.73 Å². The van der Waals surface area contributed by atoms with Crippen LogP contribution in [0.25, 0.3) is 11.0 Å². The molecule has 1 aromatic carbocycles. The highest BCUT2D eigenvalue weighted by Crippen LogP contribution is 2.25. The van der Waals surface area contributed by atoms with Crippen LogP contribution in [-0.2, 0) is 4.79 Å². The predicted molar refractivity (Wildman–Crippen MR) is 50.7 cm³/mol. The van der Waals surface area contributed by atoms with Crippen LogP contribution in [0.5, 0.6) is 0 Å². The molecule has 0 fully saturated rings. The number of nitrogens with two attached hydrogens (primary N) is 1. The van der Waals surface area contributed by atoms with Gasteiger partial charge in [-0.2, -0.15) is 0 Å². The molecule has 1 unspecified atom stereocenters. The van der Waals surface area contributed by atoms with Gasteiger partial charge >= 0.3 is 5.97 Å². The summed E-state index contributed by atoms with van der Waals surface area (Å²) in [6, 6.07) is 2.89. The van der Waals surface area contributed by atoms with Crippen molar-refractivity contribution in [3.63, 3.8) is 0 Å². The lowest BCUT2D eigenvalue weighted by atomic mass is 10.1. The standard InChI is InChI=1S/C10H8FNO3/c11-8-5-3-4-15-7(5)2-1-6(8)9(12)10(13)14/h1-4,9H,12H2,(H,13,14). The Morgan fingerprint density at radius 3 is 2.87 bits per heavy atom. The number of furan rings is 1. The summed E-state index contributed by atoms with van der Waals surface area (Å²) in [5.74, 6) is -1.91. The second kappa shape index (κ2) is 3.36. The van der Waals surface area contributed by atoms with Crippen LogP contribution in [0.3, 0.4) is 0 Å². The van der Waals surface area contributed by atoms with Crippen molar-refractivity contribution in [1.82, 2.24) is 0 Å².